The van der Waals surface area contributed by atoms with Crippen LogP contribution in [-0.4, -0.2) is 0 Å². The Morgan fingerprint density at radius 1 is 1.00 bits per heavy atom. The van der Waals surface area contributed by atoms with Crippen molar-refractivity contribution in [2.75, 3.05) is 5.32 Å². The molecule has 0 radical (unpaired) electrons. The van der Waals surface area contributed by atoms with Crippen molar-refractivity contribution >= 4 is 27.3 Å². The molecular weight excluding hydrogens is 321 g/mol. The molecule has 0 amide bonds. The summed E-state index contributed by atoms with van der Waals surface area (Å²) in [4.78, 5) is 0. The van der Waals surface area contributed by atoms with Crippen molar-refractivity contribution in [3.8, 4) is 6.07 Å². The number of hydrogen-bond acceptors (Lipinski definition) is 2. The summed E-state index contributed by atoms with van der Waals surface area (Å²) >= 11 is 2.93. The molecule has 19 heavy (non-hydrogen) atoms. The van der Waals surface area contributed by atoms with Gasteiger partial charge in [0.1, 0.15) is 23.5 Å². The van der Waals surface area contributed by atoms with Gasteiger partial charge in [0.15, 0.2) is 0 Å². The van der Waals surface area contributed by atoms with E-state index < -0.39 is 17.5 Å². The van der Waals surface area contributed by atoms with Gasteiger partial charge < -0.3 is 5.32 Å². The van der Waals surface area contributed by atoms with Gasteiger partial charge in [0.25, 0.3) is 0 Å². The molecule has 0 atom stereocenters. The van der Waals surface area contributed by atoms with Gasteiger partial charge in [-0.2, -0.15) is 5.26 Å². The average Bonchev–Trinajstić information content (AvgIpc) is 2.36. The number of halogens is 4. The van der Waals surface area contributed by atoms with Crippen LogP contribution in [0, 0.1) is 28.8 Å². The molecule has 0 saturated carbocycles. The van der Waals surface area contributed by atoms with Gasteiger partial charge in [0, 0.05) is 11.8 Å². The SMILES string of the molecule is N#Cc1ccc(Nc2cc(Br)c(F)cc2F)cc1F. The second-order valence-corrected chi connectivity index (χ2v) is 4.53. The minimum atomic E-state index is -0.800. The molecule has 0 aliphatic carbocycles. The highest BCUT2D eigenvalue weighted by molar-refractivity contribution is 9.10. The molecule has 0 bridgehead atoms. The van der Waals surface area contributed by atoms with Crippen molar-refractivity contribution in [2.24, 2.45) is 0 Å². The molecule has 0 aliphatic heterocycles. The van der Waals surface area contributed by atoms with E-state index in [9.17, 15) is 13.2 Å². The highest BCUT2D eigenvalue weighted by atomic mass is 79.9. The number of nitrogens with zero attached hydrogens (tertiary/aromatic N) is 1. The zero-order chi connectivity index (χ0) is 14.0. The van der Waals surface area contributed by atoms with Crippen molar-refractivity contribution < 1.29 is 13.2 Å². The lowest BCUT2D eigenvalue weighted by Crippen LogP contribution is -1.96. The Bertz CT molecular complexity index is 680. The van der Waals surface area contributed by atoms with Gasteiger partial charge in [0.05, 0.1) is 15.7 Å². The van der Waals surface area contributed by atoms with E-state index in [2.05, 4.69) is 21.2 Å². The summed E-state index contributed by atoms with van der Waals surface area (Å²) < 4.78 is 40.0. The van der Waals surface area contributed by atoms with Crippen LogP contribution in [0.5, 0.6) is 0 Å². The summed E-state index contributed by atoms with van der Waals surface area (Å²) in [7, 11) is 0. The van der Waals surface area contributed by atoms with E-state index in [0.29, 0.717) is 6.07 Å². The summed E-state index contributed by atoms with van der Waals surface area (Å²) in [5.41, 5.74) is 0.151. The largest absolute Gasteiger partial charge is 0.353 e. The van der Waals surface area contributed by atoms with Gasteiger partial charge >= 0.3 is 0 Å². The summed E-state index contributed by atoms with van der Waals surface area (Å²) in [6, 6.07) is 7.37. The average molecular weight is 327 g/mol. The van der Waals surface area contributed by atoms with E-state index in [1.165, 1.54) is 18.2 Å². The number of hydrogen-bond donors (Lipinski definition) is 1. The van der Waals surface area contributed by atoms with E-state index in [1.54, 1.807) is 6.07 Å². The molecule has 2 rings (SSSR count). The molecule has 0 unspecified atom stereocenters. The lowest BCUT2D eigenvalue weighted by atomic mass is 10.2. The van der Waals surface area contributed by atoms with Crippen LogP contribution in [0.25, 0.3) is 0 Å². The van der Waals surface area contributed by atoms with E-state index in [4.69, 9.17) is 5.26 Å². The van der Waals surface area contributed by atoms with Crippen LogP contribution in [0.4, 0.5) is 24.5 Å². The van der Waals surface area contributed by atoms with Crippen LogP contribution in [0.3, 0.4) is 0 Å². The highest BCUT2D eigenvalue weighted by Gasteiger charge is 2.09. The first kappa shape index (κ1) is 13.4. The van der Waals surface area contributed by atoms with Crippen LogP contribution in [0.1, 0.15) is 5.56 Å². The molecule has 0 aromatic heterocycles. The van der Waals surface area contributed by atoms with Crippen LogP contribution >= 0.6 is 15.9 Å². The Hall–Kier alpha value is -2.00. The Morgan fingerprint density at radius 2 is 1.74 bits per heavy atom. The zero-order valence-corrected chi connectivity index (χ0v) is 10.9. The van der Waals surface area contributed by atoms with Gasteiger partial charge in [-0.1, -0.05) is 0 Å². The first-order valence-electron chi connectivity index (χ1n) is 5.12. The van der Waals surface area contributed by atoms with Crippen LogP contribution < -0.4 is 5.32 Å². The maximum absolute atomic E-state index is 13.5. The van der Waals surface area contributed by atoms with Crippen molar-refractivity contribution in [3.63, 3.8) is 0 Å². The molecule has 0 heterocycles. The van der Waals surface area contributed by atoms with Crippen molar-refractivity contribution in [2.45, 2.75) is 0 Å². The lowest BCUT2D eigenvalue weighted by molar-refractivity contribution is 0.581. The third-order valence-electron chi connectivity index (χ3n) is 2.38. The predicted octanol–water partition coefficient (Wildman–Crippen LogP) is 4.48. The molecular formula is C13H6BrF3N2. The molecule has 1 N–H and O–H groups in total. The maximum atomic E-state index is 13.5. The summed E-state index contributed by atoms with van der Waals surface area (Å²) in [5.74, 6) is -2.24. The fourth-order valence-electron chi connectivity index (χ4n) is 1.46. The topological polar surface area (TPSA) is 35.8 Å². The fourth-order valence-corrected chi connectivity index (χ4v) is 1.80. The van der Waals surface area contributed by atoms with Crippen LogP contribution in [0.15, 0.2) is 34.8 Å². The zero-order valence-electron chi connectivity index (χ0n) is 9.35. The second-order valence-electron chi connectivity index (χ2n) is 3.68. The van der Waals surface area contributed by atoms with E-state index in [0.717, 1.165) is 6.07 Å². The van der Waals surface area contributed by atoms with E-state index in [1.807, 2.05) is 0 Å². The first-order valence-corrected chi connectivity index (χ1v) is 5.92. The Kier molecular flexibility index (Phi) is 3.76. The number of rotatable bonds is 2. The van der Waals surface area contributed by atoms with Crippen molar-refractivity contribution in [3.05, 3.63) is 57.8 Å². The highest BCUT2D eigenvalue weighted by Crippen LogP contribution is 2.27. The normalized spacial score (nSPS) is 10.1. The molecule has 6 heteroatoms. The smallest absolute Gasteiger partial charge is 0.149 e. The molecule has 0 saturated heterocycles. The third-order valence-corrected chi connectivity index (χ3v) is 2.99. The quantitative estimate of drug-likeness (QED) is 0.826. The lowest BCUT2D eigenvalue weighted by Gasteiger charge is -2.09. The minimum Gasteiger partial charge on any atom is -0.353 e. The standard InChI is InChI=1S/C13H6BrF3N2/c14-9-4-13(12(17)5-11(9)16)19-8-2-1-7(6-18)10(15)3-8/h1-5,19H. The van der Waals surface area contributed by atoms with Crippen LogP contribution in [0.2, 0.25) is 0 Å². The third kappa shape index (κ3) is 2.88. The van der Waals surface area contributed by atoms with Crippen molar-refractivity contribution in [1.82, 2.24) is 0 Å². The summed E-state index contributed by atoms with van der Waals surface area (Å²) in [5, 5.41) is 11.2. The van der Waals surface area contributed by atoms with Crippen molar-refractivity contribution in [1.29, 1.82) is 5.26 Å². The summed E-state index contributed by atoms with van der Waals surface area (Å²) in [6.07, 6.45) is 0. The van der Waals surface area contributed by atoms with Gasteiger partial charge in [-0.15, -0.1) is 0 Å². The summed E-state index contributed by atoms with van der Waals surface area (Å²) in [6.45, 7) is 0. The van der Waals surface area contributed by atoms with Gasteiger partial charge in [-0.25, -0.2) is 13.2 Å². The predicted molar refractivity (Wildman–Crippen MR) is 68.5 cm³/mol. The van der Waals surface area contributed by atoms with E-state index >= 15 is 0 Å². The number of benzene rings is 2. The Morgan fingerprint density at radius 3 is 2.37 bits per heavy atom. The number of anilines is 2. The molecule has 0 aliphatic rings. The van der Waals surface area contributed by atoms with Gasteiger partial charge in [0.2, 0.25) is 0 Å². The molecule has 2 aromatic rings. The molecule has 0 fully saturated rings. The monoisotopic (exact) mass is 326 g/mol. The number of nitrogens with one attached hydrogen (secondary N) is 1. The van der Waals surface area contributed by atoms with Gasteiger partial charge in [-0.3, -0.25) is 0 Å². The Labute approximate surface area is 115 Å². The number of nitriles is 1. The van der Waals surface area contributed by atoms with Crippen LogP contribution in [-0.2, 0) is 0 Å². The minimum absolute atomic E-state index is 0.00242. The molecule has 0 spiro atoms. The molecule has 2 aromatic carbocycles. The maximum Gasteiger partial charge on any atom is 0.149 e. The second kappa shape index (κ2) is 5.33. The van der Waals surface area contributed by atoms with Gasteiger partial charge in [-0.05, 0) is 40.2 Å². The molecule has 2 nitrogen and oxygen atoms in total. The fraction of sp³-hybridized carbons (Fsp3) is 0. The van der Waals surface area contributed by atoms with E-state index in [-0.39, 0.29) is 21.4 Å². The first-order chi connectivity index (χ1) is 9.01. The molecule has 96 valence electrons. The Balaban J connectivity index is 2.34.